The summed E-state index contributed by atoms with van der Waals surface area (Å²) in [5, 5.41) is 0. The first-order valence-corrected chi connectivity index (χ1v) is 8.05. The lowest BCUT2D eigenvalue weighted by atomic mass is 10.1. The standard InChI is InChI=1S/C22H23N/c1-16-8-11-20(12-9-16)23(21-7-5-6-17(2)14-21)22-13-10-18(3)19(4)15-22/h5-15H,1-4H3. The second-order valence-electron chi connectivity index (χ2n) is 6.28. The second kappa shape index (κ2) is 6.29. The molecule has 0 saturated heterocycles. The molecule has 0 aliphatic rings. The van der Waals surface area contributed by atoms with Gasteiger partial charge >= 0.3 is 0 Å². The first-order valence-electron chi connectivity index (χ1n) is 8.05. The third-order valence-electron chi connectivity index (χ3n) is 4.30. The van der Waals surface area contributed by atoms with Crippen LogP contribution in [0.5, 0.6) is 0 Å². The Morgan fingerprint density at radius 1 is 0.522 bits per heavy atom. The average molecular weight is 301 g/mol. The van der Waals surface area contributed by atoms with Gasteiger partial charge in [0.25, 0.3) is 0 Å². The summed E-state index contributed by atoms with van der Waals surface area (Å²) in [5.41, 5.74) is 8.75. The van der Waals surface area contributed by atoms with Gasteiger partial charge in [-0.15, -0.1) is 0 Å². The predicted molar refractivity (Wildman–Crippen MR) is 100 cm³/mol. The lowest BCUT2D eigenvalue weighted by molar-refractivity contribution is 1.24. The number of aryl methyl sites for hydroxylation is 4. The molecule has 0 atom stereocenters. The van der Waals surface area contributed by atoms with Gasteiger partial charge in [0.05, 0.1) is 0 Å². The van der Waals surface area contributed by atoms with E-state index >= 15 is 0 Å². The Labute approximate surface area is 139 Å². The maximum absolute atomic E-state index is 2.32. The molecule has 0 bridgehead atoms. The van der Waals surface area contributed by atoms with Crippen molar-refractivity contribution in [1.29, 1.82) is 0 Å². The van der Waals surface area contributed by atoms with Crippen molar-refractivity contribution in [2.24, 2.45) is 0 Å². The van der Waals surface area contributed by atoms with E-state index in [1.54, 1.807) is 0 Å². The number of hydrogen-bond acceptors (Lipinski definition) is 1. The minimum atomic E-state index is 1.18. The Balaban J connectivity index is 2.16. The van der Waals surface area contributed by atoms with Crippen molar-refractivity contribution in [3.63, 3.8) is 0 Å². The highest BCUT2D eigenvalue weighted by Crippen LogP contribution is 2.35. The average Bonchev–Trinajstić information content (AvgIpc) is 2.53. The molecule has 1 heteroatoms. The third kappa shape index (κ3) is 3.29. The Morgan fingerprint density at radius 3 is 1.83 bits per heavy atom. The molecule has 1 nitrogen and oxygen atoms in total. The Hall–Kier alpha value is -2.54. The number of rotatable bonds is 3. The minimum absolute atomic E-state index is 1.18. The lowest BCUT2D eigenvalue weighted by Gasteiger charge is -2.26. The van der Waals surface area contributed by atoms with Crippen LogP contribution in [0.1, 0.15) is 22.3 Å². The van der Waals surface area contributed by atoms with E-state index < -0.39 is 0 Å². The molecule has 0 amide bonds. The summed E-state index contributed by atoms with van der Waals surface area (Å²) >= 11 is 0. The topological polar surface area (TPSA) is 3.24 Å². The molecular formula is C22H23N. The first-order chi connectivity index (χ1) is 11.0. The second-order valence-corrected chi connectivity index (χ2v) is 6.28. The number of nitrogens with zero attached hydrogens (tertiary/aromatic N) is 1. The van der Waals surface area contributed by atoms with Gasteiger partial charge in [0.1, 0.15) is 0 Å². The highest BCUT2D eigenvalue weighted by molar-refractivity contribution is 5.77. The molecule has 0 spiro atoms. The molecule has 0 aliphatic carbocycles. The van der Waals surface area contributed by atoms with Gasteiger partial charge in [0.2, 0.25) is 0 Å². The van der Waals surface area contributed by atoms with Crippen LogP contribution in [0.15, 0.2) is 66.7 Å². The zero-order valence-electron chi connectivity index (χ0n) is 14.3. The monoisotopic (exact) mass is 301 g/mol. The van der Waals surface area contributed by atoms with Crippen LogP contribution in [0.4, 0.5) is 17.1 Å². The van der Waals surface area contributed by atoms with Crippen molar-refractivity contribution in [2.75, 3.05) is 4.90 Å². The maximum atomic E-state index is 2.32. The molecule has 0 fully saturated rings. The van der Waals surface area contributed by atoms with Crippen molar-refractivity contribution in [2.45, 2.75) is 27.7 Å². The van der Waals surface area contributed by atoms with Crippen LogP contribution in [0.3, 0.4) is 0 Å². The van der Waals surface area contributed by atoms with Crippen LogP contribution < -0.4 is 4.90 Å². The summed E-state index contributed by atoms with van der Waals surface area (Å²) in [5.74, 6) is 0. The summed E-state index contributed by atoms with van der Waals surface area (Å²) in [6.07, 6.45) is 0. The van der Waals surface area contributed by atoms with Crippen LogP contribution in [-0.2, 0) is 0 Å². The Bertz CT molecular complexity index is 816. The van der Waals surface area contributed by atoms with Gasteiger partial charge in [0, 0.05) is 17.1 Å². The van der Waals surface area contributed by atoms with E-state index in [9.17, 15) is 0 Å². The van der Waals surface area contributed by atoms with Crippen LogP contribution in [-0.4, -0.2) is 0 Å². The highest BCUT2D eigenvalue weighted by atomic mass is 15.1. The summed E-state index contributed by atoms with van der Waals surface area (Å²) in [6, 6.07) is 24.0. The van der Waals surface area contributed by atoms with Crippen molar-refractivity contribution < 1.29 is 0 Å². The molecule has 0 aromatic heterocycles. The van der Waals surface area contributed by atoms with E-state index in [1.807, 2.05) is 0 Å². The molecule has 0 heterocycles. The van der Waals surface area contributed by atoms with Gasteiger partial charge in [-0.05, 0) is 80.8 Å². The minimum Gasteiger partial charge on any atom is -0.310 e. The zero-order valence-corrected chi connectivity index (χ0v) is 14.3. The van der Waals surface area contributed by atoms with Crippen LogP contribution in [0.2, 0.25) is 0 Å². The van der Waals surface area contributed by atoms with E-state index in [0.717, 1.165) is 0 Å². The fourth-order valence-electron chi connectivity index (χ4n) is 2.77. The van der Waals surface area contributed by atoms with Gasteiger partial charge in [-0.2, -0.15) is 0 Å². The summed E-state index contributed by atoms with van der Waals surface area (Å²) in [7, 11) is 0. The van der Waals surface area contributed by atoms with E-state index in [0.29, 0.717) is 0 Å². The van der Waals surface area contributed by atoms with E-state index in [1.165, 1.54) is 39.3 Å². The molecule has 3 aromatic rings. The van der Waals surface area contributed by atoms with Gasteiger partial charge in [0.15, 0.2) is 0 Å². The van der Waals surface area contributed by atoms with Gasteiger partial charge in [-0.1, -0.05) is 35.9 Å². The predicted octanol–water partition coefficient (Wildman–Crippen LogP) is 6.39. The molecule has 0 N–H and O–H groups in total. The molecule has 116 valence electrons. The first kappa shape index (κ1) is 15.4. The molecule has 0 saturated carbocycles. The van der Waals surface area contributed by atoms with Crippen molar-refractivity contribution in [3.05, 3.63) is 89.0 Å². The third-order valence-corrected chi connectivity index (χ3v) is 4.30. The lowest BCUT2D eigenvalue weighted by Crippen LogP contribution is -2.10. The summed E-state index contributed by atoms with van der Waals surface area (Å²) < 4.78 is 0. The molecular weight excluding hydrogens is 278 g/mol. The Kier molecular flexibility index (Phi) is 4.20. The Morgan fingerprint density at radius 2 is 1.17 bits per heavy atom. The van der Waals surface area contributed by atoms with Crippen LogP contribution in [0.25, 0.3) is 0 Å². The number of hydrogen-bond donors (Lipinski definition) is 0. The molecule has 3 aromatic carbocycles. The van der Waals surface area contributed by atoms with Crippen molar-refractivity contribution >= 4 is 17.1 Å². The summed E-state index contributed by atoms with van der Waals surface area (Å²) in [4.78, 5) is 2.32. The van der Waals surface area contributed by atoms with Crippen molar-refractivity contribution in [1.82, 2.24) is 0 Å². The largest absolute Gasteiger partial charge is 0.310 e. The van der Waals surface area contributed by atoms with E-state index in [-0.39, 0.29) is 0 Å². The molecule has 0 radical (unpaired) electrons. The van der Waals surface area contributed by atoms with Crippen LogP contribution in [0, 0.1) is 27.7 Å². The fraction of sp³-hybridized carbons (Fsp3) is 0.182. The number of anilines is 3. The normalized spacial score (nSPS) is 10.6. The van der Waals surface area contributed by atoms with Gasteiger partial charge in [-0.25, -0.2) is 0 Å². The van der Waals surface area contributed by atoms with Gasteiger partial charge < -0.3 is 4.90 Å². The molecule has 3 rings (SSSR count). The highest BCUT2D eigenvalue weighted by Gasteiger charge is 2.13. The molecule has 0 unspecified atom stereocenters. The zero-order chi connectivity index (χ0) is 16.4. The van der Waals surface area contributed by atoms with Gasteiger partial charge in [-0.3, -0.25) is 0 Å². The van der Waals surface area contributed by atoms with E-state index in [4.69, 9.17) is 0 Å². The fourth-order valence-corrected chi connectivity index (χ4v) is 2.77. The molecule has 0 aliphatic heterocycles. The van der Waals surface area contributed by atoms with Crippen LogP contribution >= 0.6 is 0 Å². The smallest absolute Gasteiger partial charge is 0.0464 e. The van der Waals surface area contributed by atoms with E-state index in [2.05, 4.69) is 99.3 Å². The van der Waals surface area contributed by atoms with Crippen molar-refractivity contribution in [3.8, 4) is 0 Å². The molecule has 23 heavy (non-hydrogen) atoms. The maximum Gasteiger partial charge on any atom is 0.0464 e. The SMILES string of the molecule is Cc1ccc(N(c2cccc(C)c2)c2ccc(C)c(C)c2)cc1. The summed E-state index contributed by atoms with van der Waals surface area (Å²) in [6.45, 7) is 8.58. The number of benzene rings is 3. The quantitative estimate of drug-likeness (QED) is 0.541.